The van der Waals surface area contributed by atoms with Gasteiger partial charge in [0, 0.05) is 41.0 Å². The molecule has 1 aliphatic heterocycles. The van der Waals surface area contributed by atoms with Crippen molar-refractivity contribution in [2.75, 3.05) is 7.05 Å². The Morgan fingerprint density at radius 1 is 0.656 bits per heavy atom. The van der Waals surface area contributed by atoms with Gasteiger partial charge in [-0.25, -0.2) is 0 Å². The Morgan fingerprint density at radius 2 is 1.39 bits per heavy atom. The van der Waals surface area contributed by atoms with E-state index in [9.17, 15) is 0 Å². The molecule has 3 atom stereocenters. The van der Waals surface area contributed by atoms with Crippen molar-refractivity contribution in [1.82, 2.24) is 9.47 Å². The van der Waals surface area contributed by atoms with Gasteiger partial charge in [-0.2, -0.15) is 0 Å². The minimum atomic E-state index is -0.336. The maximum atomic E-state index is 5.40. The van der Waals surface area contributed by atoms with Gasteiger partial charge in [0.2, 0.25) is 0 Å². The zero-order valence-corrected chi connectivity index (χ0v) is 35.7. The number of nitrogens with zero attached hydrogens (tertiary/aromatic N) is 3. The van der Waals surface area contributed by atoms with E-state index in [2.05, 4.69) is 217 Å². The molecule has 1 spiro atoms. The van der Waals surface area contributed by atoms with Gasteiger partial charge in [-0.3, -0.25) is 4.99 Å². The van der Waals surface area contributed by atoms with E-state index in [1.807, 2.05) is 0 Å². The molecule has 1 aromatic heterocycles. The highest BCUT2D eigenvalue weighted by Crippen LogP contribution is 2.64. The van der Waals surface area contributed by atoms with Gasteiger partial charge >= 0.3 is 0 Å². The second kappa shape index (κ2) is 13.5. The van der Waals surface area contributed by atoms with E-state index in [0.717, 1.165) is 30.5 Å². The SMILES string of the molecule is CN1C(C2C=CC=C3Cc4ccc(-n5c6ccccc6c6cc7c(cc65)C5=C(C=CCC5)C75c6ccccc6-c6ccccc65)cc4C32)=CC(c2ccccc2)=NC1c1ccccc1. The first-order valence-corrected chi connectivity index (χ1v) is 23.0. The molecular weight excluding hydrogens is 775 g/mol. The van der Waals surface area contributed by atoms with Crippen molar-refractivity contribution < 1.29 is 0 Å². The lowest BCUT2D eigenvalue weighted by molar-refractivity contribution is 0.281. The predicted octanol–water partition coefficient (Wildman–Crippen LogP) is 14.0. The maximum Gasteiger partial charge on any atom is 0.147 e. The van der Waals surface area contributed by atoms with Crippen LogP contribution < -0.4 is 0 Å². The molecule has 304 valence electrons. The second-order valence-corrected chi connectivity index (χ2v) is 18.5. The van der Waals surface area contributed by atoms with Gasteiger partial charge in [-0.1, -0.05) is 169 Å². The molecule has 64 heavy (non-hydrogen) atoms. The lowest BCUT2D eigenvalue weighted by atomic mass is 9.69. The van der Waals surface area contributed by atoms with Crippen LogP contribution >= 0.6 is 0 Å². The summed E-state index contributed by atoms with van der Waals surface area (Å²) < 4.78 is 2.57. The summed E-state index contributed by atoms with van der Waals surface area (Å²) in [5.41, 5.74) is 23.8. The third-order valence-corrected chi connectivity index (χ3v) is 15.4. The third-order valence-electron chi connectivity index (χ3n) is 15.4. The van der Waals surface area contributed by atoms with Crippen molar-refractivity contribution in [1.29, 1.82) is 0 Å². The first-order chi connectivity index (χ1) is 31.7. The molecular formula is C61H45N3. The number of rotatable bonds is 4. The highest BCUT2D eigenvalue weighted by atomic mass is 15.2. The molecule has 5 aliphatic carbocycles. The van der Waals surface area contributed by atoms with E-state index >= 15 is 0 Å². The Hall–Kier alpha value is -7.49. The molecule has 0 fully saturated rings. The molecule has 8 aromatic rings. The van der Waals surface area contributed by atoms with Gasteiger partial charge in [0.05, 0.1) is 22.2 Å². The lowest BCUT2D eigenvalue weighted by Gasteiger charge is -2.39. The van der Waals surface area contributed by atoms with Gasteiger partial charge in [-0.05, 0) is 122 Å². The molecule has 0 saturated carbocycles. The van der Waals surface area contributed by atoms with E-state index in [-0.39, 0.29) is 23.4 Å². The minimum Gasteiger partial charge on any atom is -0.352 e. The average Bonchev–Trinajstić information content (AvgIpc) is 4.07. The number of allylic oxidation sites excluding steroid dienone is 9. The summed E-state index contributed by atoms with van der Waals surface area (Å²) in [5, 5.41) is 2.61. The number of para-hydroxylation sites is 1. The molecule has 0 bridgehead atoms. The normalized spacial score (nSPS) is 20.7. The summed E-state index contributed by atoms with van der Waals surface area (Å²) in [4.78, 5) is 7.82. The number of aliphatic imine (C=N–C) groups is 1. The van der Waals surface area contributed by atoms with Gasteiger partial charge in [-0.15, -0.1) is 0 Å². The van der Waals surface area contributed by atoms with Crippen LogP contribution in [0.4, 0.5) is 0 Å². The smallest absolute Gasteiger partial charge is 0.147 e. The summed E-state index contributed by atoms with van der Waals surface area (Å²) >= 11 is 0. The number of benzene rings is 7. The summed E-state index contributed by atoms with van der Waals surface area (Å²) in [6.45, 7) is 0. The Morgan fingerprint density at radius 3 is 2.20 bits per heavy atom. The maximum absolute atomic E-state index is 5.40. The Labute approximate surface area is 374 Å². The summed E-state index contributed by atoms with van der Waals surface area (Å²) in [5.74, 6) is 0.378. The quantitative estimate of drug-likeness (QED) is 0.173. The lowest BCUT2D eigenvalue weighted by Crippen LogP contribution is -2.33. The summed E-state index contributed by atoms with van der Waals surface area (Å²) in [6.07, 6.45) is 17.3. The van der Waals surface area contributed by atoms with Crippen molar-refractivity contribution in [3.63, 3.8) is 0 Å². The Bertz CT molecular complexity index is 3450. The zero-order chi connectivity index (χ0) is 42.1. The summed E-state index contributed by atoms with van der Waals surface area (Å²) in [7, 11) is 2.24. The Kier molecular flexibility index (Phi) is 7.61. The van der Waals surface area contributed by atoms with Crippen molar-refractivity contribution in [2.24, 2.45) is 10.9 Å². The number of hydrogen-bond donors (Lipinski definition) is 0. The zero-order valence-electron chi connectivity index (χ0n) is 35.7. The van der Waals surface area contributed by atoms with E-state index < -0.39 is 0 Å². The summed E-state index contributed by atoms with van der Waals surface area (Å²) in [6, 6.07) is 61.4. The fraction of sp³-hybridized carbons (Fsp3) is 0.131. The Balaban J connectivity index is 0.944. The van der Waals surface area contributed by atoms with Crippen LogP contribution in [0, 0.1) is 5.92 Å². The molecule has 0 radical (unpaired) electrons. The van der Waals surface area contributed by atoms with E-state index in [0.29, 0.717) is 0 Å². The highest BCUT2D eigenvalue weighted by molar-refractivity contribution is 6.12. The standard InChI is InChI=1S/C61H45N3/c1-63-57(37-55(38-17-4-2-5-18-38)62-60(63)39-19-6-3-7-20-39)47-26-16-21-41-33-40-31-32-42(34-48(40)59(41)47)64-56-30-15-11-25-46(56)50-35-54-49(36-58(50)64)45-24-10-14-29-53(45)61(54)51-27-12-8-22-43(51)44-23-9-13-28-52(44)61/h2-9,11-23,25-32,34-37,47,59-60H,10,24,33H2,1H3. The van der Waals surface area contributed by atoms with E-state index in [4.69, 9.17) is 4.99 Å². The van der Waals surface area contributed by atoms with Crippen LogP contribution in [0.2, 0.25) is 0 Å². The molecule has 2 heterocycles. The van der Waals surface area contributed by atoms with Gasteiger partial charge in [0.15, 0.2) is 0 Å². The molecule has 0 saturated heterocycles. The molecule has 3 nitrogen and oxygen atoms in total. The van der Waals surface area contributed by atoms with Crippen LogP contribution in [0.15, 0.2) is 222 Å². The van der Waals surface area contributed by atoms with Crippen LogP contribution in [-0.2, 0) is 11.8 Å². The number of aromatic nitrogens is 1. The highest BCUT2D eigenvalue weighted by Gasteiger charge is 2.52. The number of fused-ring (bicyclic) bond motifs is 15. The molecule has 0 N–H and O–H groups in total. The minimum absolute atomic E-state index is 0.119. The van der Waals surface area contributed by atoms with Gasteiger partial charge < -0.3 is 9.47 Å². The van der Waals surface area contributed by atoms with Crippen molar-refractivity contribution in [2.45, 2.75) is 36.8 Å². The first-order valence-electron chi connectivity index (χ1n) is 23.0. The van der Waals surface area contributed by atoms with Gasteiger partial charge in [0.25, 0.3) is 0 Å². The molecule has 6 aliphatic rings. The third kappa shape index (κ3) is 4.84. The van der Waals surface area contributed by atoms with Crippen LogP contribution in [0.3, 0.4) is 0 Å². The van der Waals surface area contributed by atoms with Crippen LogP contribution in [0.25, 0.3) is 44.2 Å². The van der Waals surface area contributed by atoms with E-state index in [1.165, 1.54) is 100.0 Å². The van der Waals surface area contributed by atoms with Crippen molar-refractivity contribution in [3.05, 3.63) is 262 Å². The fourth-order valence-corrected chi connectivity index (χ4v) is 12.7. The van der Waals surface area contributed by atoms with Crippen LogP contribution in [-0.4, -0.2) is 22.2 Å². The second-order valence-electron chi connectivity index (χ2n) is 18.5. The van der Waals surface area contributed by atoms with Crippen LogP contribution in [0.1, 0.15) is 69.4 Å². The molecule has 14 rings (SSSR count). The first kappa shape index (κ1) is 36.0. The molecule has 3 unspecified atom stereocenters. The van der Waals surface area contributed by atoms with Crippen molar-refractivity contribution >= 4 is 33.1 Å². The van der Waals surface area contributed by atoms with E-state index in [1.54, 1.807) is 0 Å². The number of hydrogen-bond acceptors (Lipinski definition) is 2. The predicted molar refractivity (Wildman–Crippen MR) is 263 cm³/mol. The largest absolute Gasteiger partial charge is 0.352 e. The monoisotopic (exact) mass is 819 g/mol. The average molecular weight is 820 g/mol. The van der Waals surface area contributed by atoms with Crippen LogP contribution in [0.5, 0.6) is 0 Å². The fourth-order valence-electron chi connectivity index (χ4n) is 12.7. The van der Waals surface area contributed by atoms with Crippen molar-refractivity contribution in [3.8, 4) is 16.8 Å². The molecule has 7 aromatic carbocycles. The molecule has 3 heteroatoms. The molecule has 0 amide bonds. The van der Waals surface area contributed by atoms with Gasteiger partial charge in [0.1, 0.15) is 6.17 Å². The topological polar surface area (TPSA) is 20.5 Å².